The molecule has 1 aromatic heterocycles. The molecule has 3 N–H and O–H groups in total. The summed E-state index contributed by atoms with van der Waals surface area (Å²) in [6.45, 7) is 3.95. The Balaban J connectivity index is 1.74. The number of aromatic nitrogens is 2. The van der Waals surface area contributed by atoms with Gasteiger partial charge in [-0.05, 0) is 37.1 Å². The van der Waals surface area contributed by atoms with Crippen LogP contribution < -0.4 is 11.3 Å². The molecule has 3 aromatic rings. The minimum absolute atomic E-state index is 0.0621. The summed E-state index contributed by atoms with van der Waals surface area (Å²) in [5.41, 5.74) is 11.4. The van der Waals surface area contributed by atoms with Gasteiger partial charge in [-0.1, -0.05) is 53.7 Å². The maximum atomic E-state index is 12.5. The number of nitrogens with zero attached hydrogens (tertiary/aromatic N) is 1. The Morgan fingerprint density at radius 2 is 1.64 bits per heavy atom. The third kappa shape index (κ3) is 4.51. The van der Waals surface area contributed by atoms with Crippen LogP contribution in [0.15, 0.2) is 58.5 Å². The van der Waals surface area contributed by atoms with Crippen molar-refractivity contribution in [2.24, 2.45) is 0 Å². The molecule has 0 aliphatic carbocycles. The summed E-state index contributed by atoms with van der Waals surface area (Å²) in [6, 6.07) is 15.9. The molecule has 25 heavy (non-hydrogen) atoms. The van der Waals surface area contributed by atoms with E-state index in [0.717, 1.165) is 33.8 Å². The van der Waals surface area contributed by atoms with Gasteiger partial charge >= 0.3 is 0 Å². The van der Waals surface area contributed by atoms with E-state index in [2.05, 4.69) is 41.2 Å². The lowest BCUT2D eigenvalue weighted by Crippen LogP contribution is -2.17. The number of aromatic amines is 1. The Hall–Kier alpha value is -2.53. The molecule has 0 fully saturated rings. The van der Waals surface area contributed by atoms with Crippen molar-refractivity contribution in [1.29, 1.82) is 0 Å². The predicted octanol–water partition coefficient (Wildman–Crippen LogP) is 3.85. The van der Waals surface area contributed by atoms with Gasteiger partial charge in [0.25, 0.3) is 5.56 Å². The first-order valence-electron chi connectivity index (χ1n) is 8.14. The van der Waals surface area contributed by atoms with Gasteiger partial charge in [0.15, 0.2) is 5.16 Å². The van der Waals surface area contributed by atoms with Crippen LogP contribution in [0.25, 0.3) is 0 Å². The molecule has 0 aliphatic rings. The second kappa shape index (κ2) is 7.57. The normalized spacial score (nSPS) is 10.8. The summed E-state index contributed by atoms with van der Waals surface area (Å²) in [4.78, 5) is 19.9. The highest BCUT2D eigenvalue weighted by Crippen LogP contribution is 2.20. The molecule has 4 nitrogen and oxygen atoms in total. The van der Waals surface area contributed by atoms with Crippen molar-refractivity contribution in [2.75, 3.05) is 5.73 Å². The molecule has 0 atom stereocenters. The fraction of sp³-hybridized carbons (Fsp3) is 0.200. The lowest BCUT2D eigenvalue weighted by Gasteiger charge is -2.08. The van der Waals surface area contributed by atoms with Crippen LogP contribution in [0.3, 0.4) is 0 Å². The minimum atomic E-state index is -0.0621. The van der Waals surface area contributed by atoms with E-state index < -0.39 is 0 Å². The van der Waals surface area contributed by atoms with E-state index in [1.54, 1.807) is 0 Å². The third-order valence-electron chi connectivity index (χ3n) is 4.06. The number of nitrogen functional groups attached to an aromatic ring is 1. The largest absolute Gasteiger partial charge is 0.399 e. The van der Waals surface area contributed by atoms with Crippen LogP contribution in [0, 0.1) is 13.8 Å². The summed E-state index contributed by atoms with van der Waals surface area (Å²) >= 11 is 1.52. The van der Waals surface area contributed by atoms with Gasteiger partial charge in [-0.2, -0.15) is 0 Å². The zero-order chi connectivity index (χ0) is 17.8. The second-order valence-electron chi connectivity index (χ2n) is 6.13. The summed E-state index contributed by atoms with van der Waals surface area (Å²) in [5, 5.41) is 0.645. The quantitative estimate of drug-likeness (QED) is 0.416. The molecule has 128 valence electrons. The van der Waals surface area contributed by atoms with Gasteiger partial charge in [-0.25, -0.2) is 4.98 Å². The molecular weight excluding hydrogens is 330 g/mol. The van der Waals surface area contributed by atoms with Crippen molar-refractivity contribution < 1.29 is 0 Å². The highest BCUT2D eigenvalue weighted by Gasteiger charge is 2.10. The van der Waals surface area contributed by atoms with Gasteiger partial charge in [0, 0.05) is 29.1 Å². The predicted molar refractivity (Wildman–Crippen MR) is 104 cm³/mol. The van der Waals surface area contributed by atoms with Crippen molar-refractivity contribution in [3.05, 3.63) is 86.8 Å². The highest BCUT2D eigenvalue weighted by molar-refractivity contribution is 7.98. The average Bonchev–Trinajstić information content (AvgIpc) is 2.59. The zero-order valence-corrected chi connectivity index (χ0v) is 15.2. The molecule has 5 heteroatoms. The van der Waals surface area contributed by atoms with Gasteiger partial charge < -0.3 is 10.7 Å². The Kier molecular flexibility index (Phi) is 5.24. The zero-order valence-electron chi connectivity index (χ0n) is 14.4. The lowest BCUT2D eigenvalue weighted by molar-refractivity contribution is 0.866. The Morgan fingerprint density at radius 3 is 2.28 bits per heavy atom. The van der Waals surface area contributed by atoms with Gasteiger partial charge in [0.1, 0.15) is 0 Å². The number of hydrogen-bond donors (Lipinski definition) is 2. The summed E-state index contributed by atoms with van der Waals surface area (Å²) in [7, 11) is 0. The first-order chi connectivity index (χ1) is 12.0. The molecule has 1 heterocycles. The van der Waals surface area contributed by atoms with Crippen molar-refractivity contribution in [1.82, 2.24) is 9.97 Å². The number of nitrogens with one attached hydrogen (secondary N) is 1. The highest BCUT2D eigenvalue weighted by atomic mass is 32.2. The molecule has 0 amide bonds. The van der Waals surface area contributed by atoms with E-state index in [1.165, 1.54) is 17.3 Å². The van der Waals surface area contributed by atoms with Gasteiger partial charge in [0.2, 0.25) is 0 Å². The molecule has 0 saturated heterocycles. The average molecular weight is 351 g/mol. The van der Waals surface area contributed by atoms with Crippen LogP contribution >= 0.6 is 11.8 Å². The molecule has 0 spiro atoms. The molecule has 0 unspecified atom stereocenters. The van der Waals surface area contributed by atoms with Crippen molar-refractivity contribution >= 4 is 17.4 Å². The standard InChI is InChI=1S/C20H21N3OS/c1-13-3-5-15(6-4-13)11-18-14(2)22-20(23-19(18)24)25-12-16-7-9-17(21)10-8-16/h3-10H,11-12,21H2,1-2H3,(H,22,23,24). The molecule has 0 saturated carbocycles. The monoisotopic (exact) mass is 351 g/mol. The number of H-pyrrole nitrogens is 1. The van der Waals surface area contributed by atoms with Crippen LogP contribution in [0.4, 0.5) is 5.69 Å². The number of hydrogen-bond acceptors (Lipinski definition) is 4. The maximum Gasteiger partial charge on any atom is 0.255 e. The summed E-state index contributed by atoms with van der Waals surface area (Å²) in [6.07, 6.45) is 0.595. The number of aryl methyl sites for hydroxylation is 2. The number of benzene rings is 2. The Labute approximate surface area is 151 Å². The Bertz CT molecular complexity index is 915. The van der Waals surface area contributed by atoms with Crippen molar-refractivity contribution in [3.63, 3.8) is 0 Å². The number of rotatable bonds is 5. The summed E-state index contributed by atoms with van der Waals surface area (Å²) < 4.78 is 0. The van der Waals surface area contributed by atoms with Crippen molar-refractivity contribution in [3.8, 4) is 0 Å². The number of anilines is 1. The number of thioether (sulfide) groups is 1. The molecule has 0 aliphatic heterocycles. The van der Waals surface area contributed by atoms with Crippen LogP contribution in [0.2, 0.25) is 0 Å². The maximum absolute atomic E-state index is 12.5. The van der Waals surface area contributed by atoms with Crippen LogP contribution in [-0.4, -0.2) is 9.97 Å². The van der Waals surface area contributed by atoms with Gasteiger partial charge in [-0.15, -0.1) is 0 Å². The van der Waals surface area contributed by atoms with Crippen LogP contribution in [-0.2, 0) is 12.2 Å². The molecular formula is C20H21N3OS. The van der Waals surface area contributed by atoms with E-state index in [1.807, 2.05) is 31.2 Å². The van der Waals surface area contributed by atoms with Gasteiger partial charge in [-0.3, -0.25) is 4.79 Å². The first-order valence-corrected chi connectivity index (χ1v) is 9.12. The molecule has 0 bridgehead atoms. The first kappa shape index (κ1) is 17.3. The second-order valence-corrected chi connectivity index (χ2v) is 7.09. The van der Waals surface area contributed by atoms with E-state index in [-0.39, 0.29) is 5.56 Å². The topological polar surface area (TPSA) is 71.8 Å². The Morgan fingerprint density at radius 1 is 1.00 bits per heavy atom. The fourth-order valence-electron chi connectivity index (χ4n) is 2.54. The molecule has 0 radical (unpaired) electrons. The van der Waals surface area contributed by atoms with E-state index in [9.17, 15) is 4.79 Å². The third-order valence-corrected chi connectivity index (χ3v) is 5.00. The van der Waals surface area contributed by atoms with E-state index in [4.69, 9.17) is 5.73 Å². The van der Waals surface area contributed by atoms with Gasteiger partial charge in [0.05, 0.1) is 0 Å². The lowest BCUT2D eigenvalue weighted by atomic mass is 10.0. The number of nitrogens with two attached hydrogens (primary N) is 1. The van der Waals surface area contributed by atoms with Crippen LogP contribution in [0.5, 0.6) is 0 Å². The smallest absolute Gasteiger partial charge is 0.255 e. The SMILES string of the molecule is Cc1ccc(Cc2c(C)nc(SCc3ccc(N)cc3)[nH]c2=O)cc1. The summed E-state index contributed by atoms with van der Waals surface area (Å²) in [5.74, 6) is 0.736. The van der Waals surface area contributed by atoms with Crippen LogP contribution in [0.1, 0.15) is 27.9 Å². The van der Waals surface area contributed by atoms with E-state index in [0.29, 0.717) is 11.6 Å². The molecule has 2 aromatic carbocycles. The fourth-order valence-corrected chi connectivity index (χ4v) is 3.40. The molecule has 3 rings (SSSR count). The van der Waals surface area contributed by atoms with E-state index >= 15 is 0 Å². The van der Waals surface area contributed by atoms with Crippen molar-refractivity contribution in [2.45, 2.75) is 31.2 Å². The minimum Gasteiger partial charge on any atom is -0.399 e.